The highest BCUT2D eigenvalue weighted by atomic mass is 35.5. The van der Waals surface area contributed by atoms with Crippen molar-refractivity contribution >= 4 is 23.3 Å². The molecule has 0 radical (unpaired) electrons. The lowest BCUT2D eigenvalue weighted by Gasteiger charge is -2.07. The first-order valence-corrected chi connectivity index (χ1v) is 6.04. The molecule has 1 rings (SSSR count). The van der Waals surface area contributed by atoms with E-state index in [9.17, 15) is 14.9 Å². The molecule has 0 aliphatic heterocycles. The molecule has 0 saturated carbocycles. The molecule has 1 aromatic carbocycles. The van der Waals surface area contributed by atoms with Gasteiger partial charge in [-0.15, -0.1) is 0 Å². The molecule has 0 bridgehead atoms. The van der Waals surface area contributed by atoms with Gasteiger partial charge >= 0.3 is 5.97 Å². The lowest BCUT2D eigenvalue weighted by atomic mass is 10.3. The van der Waals surface area contributed by atoms with Crippen LogP contribution in [0.1, 0.15) is 20.3 Å². The molecule has 7 heteroatoms. The van der Waals surface area contributed by atoms with E-state index in [1.54, 1.807) is 0 Å². The van der Waals surface area contributed by atoms with Crippen LogP contribution in [-0.4, -0.2) is 23.6 Å². The molecule has 1 aromatic rings. The Morgan fingerprint density at radius 1 is 1.47 bits per heavy atom. The standard InChI is InChI=1S/C12H14ClNO5/c1-8(2)18-6-5-12(15)19-9-3-4-11(14(16)17)10(13)7-9/h3-4,7-8H,5-6H2,1-2H3. The third-order valence-corrected chi connectivity index (χ3v) is 2.41. The number of nitro benzene ring substituents is 1. The monoisotopic (exact) mass is 287 g/mol. The molecule has 0 unspecified atom stereocenters. The van der Waals surface area contributed by atoms with Gasteiger partial charge in [-0.25, -0.2) is 0 Å². The van der Waals surface area contributed by atoms with Crippen molar-refractivity contribution in [2.24, 2.45) is 0 Å². The Hall–Kier alpha value is -1.66. The zero-order valence-electron chi connectivity index (χ0n) is 10.6. The highest BCUT2D eigenvalue weighted by Gasteiger charge is 2.14. The normalized spacial score (nSPS) is 10.5. The van der Waals surface area contributed by atoms with Crippen LogP contribution in [0.5, 0.6) is 5.75 Å². The van der Waals surface area contributed by atoms with E-state index in [1.807, 2.05) is 13.8 Å². The number of benzene rings is 1. The third-order valence-electron chi connectivity index (χ3n) is 2.10. The first kappa shape index (κ1) is 15.4. The van der Waals surface area contributed by atoms with Crippen LogP contribution in [0.4, 0.5) is 5.69 Å². The Balaban J connectivity index is 2.55. The van der Waals surface area contributed by atoms with Gasteiger partial charge < -0.3 is 9.47 Å². The second kappa shape index (κ2) is 7.06. The predicted molar refractivity (Wildman–Crippen MR) is 69.4 cm³/mol. The van der Waals surface area contributed by atoms with Gasteiger partial charge in [0.15, 0.2) is 0 Å². The van der Waals surface area contributed by atoms with Crippen molar-refractivity contribution < 1.29 is 19.2 Å². The number of rotatable bonds is 6. The summed E-state index contributed by atoms with van der Waals surface area (Å²) in [5.41, 5.74) is -0.232. The van der Waals surface area contributed by atoms with Crippen molar-refractivity contribution in [3.63, 3.8) is 0 Å². The Morgan fingerprint density at radius 3 is 2.68 bits per heavy atom. The van der Waals surface area contributed by atoms with Crippen molar-refractivity contribution in [3.05, 3.63) is 33.3 Å². The summed E-state index contributed by atoms with van der Waals surface area (Å²) >= 11 is 5.70. The molecule has 0 saturated heterocycles. The van der Waals surface area contributed by atoms with Crippen molar-refractivity contribution in [3.8, 4) is 5.75 Å². The fourth-order valence-electron chi connectivity index (χ4n) is 1.26. The SMILES string of the molecule is CC(C)OCCC(=O)Oc1ccc([N+](=O)[O-])c(Cl)c1. The van der Waals surface area contributed by atoms with E-state index in [-0.39, 0.29) is 35.6 Å². The number of esters is 1. The van der Waals surface area contributed by atoms with Gasteiger partial charge in [0.2, 0.25) is 0 Å². The number of ether oxygens (including phenoxy) is 2. The summed E-state index contributed by atoms with van der Waals surface area (Å²) in [7, 11) is 0. The Bertz CT molecular complexity index is 475. The highest BCUT2D eigenvalue weighted by Crippen LogP contribution is 2.28. The average Bonchev–Trinajstić information content (AvgIpc) is 2.27. The second-order valence-corrected chi connectivity index (χ2v) is 4.42. The van der Waals surface area contributed by atoms with E-state index < -0.39 is 10.9 Å². The van der Waals surface area contributed by atoms with E-state index in [0.29, 0.717) is 0 Å². The maximum Gasteiger partial charge on any atom is 0.313 e. The molecule has 6 nitrogen and oxygen atoms in total. The van der Waals surface area contributed by atoms with Crippen LogP contribution >= 0.6 is 11.6 Å². The Morgan fingerprint density at radius 2 is 2.16 bits per heavy atom. The first-order valence-electron chi connectivity index (χ1n) is 5.66. The number of hydrogen-bond acceptors (Lipinski definition) is 5. The summed E-state index contributed by atoms with van der Waals surface area (Å²) in [6, 6.07) is 3.75. The van der Waals surface area contributed by atoms with Gasteiger partial charge in [-0.2, -0.15) is 0 Å². The van der Waals surface area contributed by atoms with Crippen LogP contribution in [-0.2, 0) is 9.53 Å². The molecule has 0 atom stereocenters. The van der Waals surface area contributed by atoms with Gasteiger partial charge in [0.1, 0.15) is 10.8 Å². The van der Waals surface area contributed by atoms with Crippen molar-refractivity contribution in [1.82, 2.24) is 0 Å². The molecule has 0 heterocycles. The number of carbonyl (C=O) groups excluding carboxylic acids is 1. The average molecular weight is 288 g/mol. The van der Waals surface area contributed by atoms with E-state index in [2.05, 4.69) is 0 Å². The Labute approximate surface area is 115 Å². The number of hydrogen-bond donors (Lipinski definition) is 0. The minimum Gasteiger partial charge on any atom is -0.426 e. The van der Waals surface area contributed by atoms with Gasteiger partial charge in [-0.1, -0.05) is 11.6 Å². The van der Waals surface area contributed by atoms with Crippen molar-refractivity contribution in [1.29, 1.82) is 0 Å². The van der Waals surface area contributed by atoms with Crippen molar-refractivity contribution in [2.75, 3.05) is 6.61 Å². The van der Waals surface area contributed by atoms with Crippen LogP contribution in [0.25, 0.3) is 0 Å². The summed E-state index contributed by atoms with van der Waals surface area (Å²) in [5.74, 6) is -0.310. The molecular formula is C12H14ClNO5. The second-order valence-electron chi connectivity index (χ2n) is 4.01. The van der Waals surface area contributed by atoms with Crippen LogP contribution in [0, 0.1) is 10.1 Å². The zero-order chi connectivity index (χ0) is 14.4. The molecule has 0 fully saturated rings. The number of halogens is 1. The summed E-state index contributed by atoms with van der Waals surface area (Å²) in [4.78, 5) is 21.4. The number of nitrogens with zero attached hydrogens (tertiary/aromatic N) is 1. The summed E-state index contributed by atoms with van der Waals surface area (Å²) in [6.45, 7) is 3.99. The summed E-state index contributed by atoms with van der Waals surface area (Å²) in [6.07, 6.45) is 0.147. The third kappa shape index (κ3) is 5.23. The fraction of sp³-hybridized carbons (Fsp3) is 0.417. The fourth-order valence-corrected chi connectivity index (χ4v) is 1.50. The topological polar surface area (TPSA) is 78.7 Å². The van der Waals surface area contributed by atoms with Gasteiger partial charge in [0, 0.05) is 12.1 Å². The Kier molecular flexibility index (Phi) is 5.72. The first-order chi connectivity index (χ1) is 8.90. The minimum absolute atomic E-state index is 0.0432. The summed E-state index contributed by atoms with van der Waals surface area (Å²) in [5, 5.41) is 10.5. The molecule has 0 N–H and O–H groups in total. The summed E-state index contributed by atoms with van der Waals surface area (Å²) < 4.78 is 10.2. The van der Waals surface area contributed by atoms with E-state index in [4.69, 9.17) is 21.1 Å². The molecule has 0 aromatic heterocycles. The van der Waals surface area contributed by atoms with Crippen LogP contribution < -0.4 is 4.74 Å². The molecule has 0 aliphatic rings. The molecular weight excluding hydrogens is 274 g/mol. The van der Waals surface area contributed by atoms with Gasteiger partial charge in [0.25, 0.3) is 5.69 Å². The number of carbonyl (C=O) groups is 1. The van der Waals surface area contributed by atoms with E-state index in [1.165, 1.54) is 18.2 Å². The highest BCUT2D eigenvalue weighted by molar-refractivity contribution is 6.32. The molecule has 0 aliphatic carbocycles. The lowest BCUT2D eigenvalue weighted by molar-refractivity contribution is -0.384. The maximum atomic E-state index is 11.4. The van der Waals surface area contributed by atoms with Gasteiger partial charge in [-0.05, 0) is 19.9 Å². The lowest BCUT2D eigenvalue weighted by Crippen LogP contribution is -2.13. The maximum absolute atomic E-state index is 11.4. The molecule has 104 valence electrons. The molecule has 0 amide bonds. The van der Waals surface area contributed by atoms with Gasteiger partial charge in [0.05, 0.1) is 24.1 Å². The van der Waals surface area contributed by atoms with Crippen LogP contribution in [0.2, 0.25) is 5.02 Å². The quantitative estimate of drug-likeness (QED) is 0.348. The van der Waals surface area contributed by atoms with Crippen LogP contribution in [0.15, 0.2) is 18.2 Å². The van der Waals surface area contributed by atoms with Gasteiger partial charge in [-0.3, -0.25) is 14.9 Å². The predicted octanol–water partition coefficient (Wildman–Crippen LogP) is 2.97. The molecule has 19 heavy (non-hydrogen) atoms. The number of nitro groups is 1. The minimum atomic E-state index is -0.607. The zero-order valence-corrected chi connectivity index (χ0v) is 11.3. The largest absolute Gasteiger partial charge is 0.426 e. The van der Waals surface area contributed by atoms with E-state index >= 15 is 0 Å². The van der Waals surface area contributed by atoms with Crippen LogP contribution in [0.3, 0.4) is 0 Å². The van der Waals surface area contributed by atoms with E-state index in [0.717, 1.165) is 0 Å². The van der Waals surface area contributed by atoms with Crippen molar-refractivity contribution in [2.45, 2.75) is 26.4 Å². The smallest absolute Gasteiger partial charge is 0.313 e. The molecule has 0 spiro atoms.